The van der Waals surface area contributed by atoms with Crippen LogP contribution in [0.2, 0.25) is 0 Å². The van der Waals surface area contributed by atoms with Crippen molar-refractivity contribution < 1.29 is 0 Å². The Labute approximate surface area is 88.1 Å². The van der Waals surface area contributed by atoms with E-state index in [0.717, 1.165) is 11.8 Å². The molecule has 2 aliphatic rings. The van der Waals surface area contributed by atoms with Gasteiger partial charge in [-0.15, -0.1) is 12.4 Å². The Morgan fingerprint density at radius 2 is 1.31 bits per heavy atom. The van der Waals surface area contributed by atoms with Gasteiger partial charge in [-0.3, -0.25) is 0 Å². The van der Waals surface area contributed by atoms with Crippen molar-refractivity contribution in [2.24, 2.45) is 11.8 Å². The van der Waals surface area contributed by atoms with Crippen LogP contribution < -0.4 is 5.32 Å². The molecule has 1 aliphatic carbocycles. The molecular formula is C11H22ClN. The van der Waals surface area contributed by atoms with Gasteiger partial charge < -0.3 is 5.32 Å². The quantitative estimate of drug-likeness (QED) is 0.691. The molecule has 1 nitrogen and oxygen atoms in total. The number of halogens is 1. The van der Waals surface area contributed by atoms with Crippen molar-refractivity contribution in [1.29, 1.82) is 0 Å². The van der Waals surface area contributed by atoms with Gasteiger partial charge in [0, 0.05) is 0 Å². The molecule has 1 unspecified atom stereocenters. The van der Waals surface area contributed by atoms with Gasteiger partial charge in [0.05, 0.1) is 0 Å². The number of hydrogen-bond acceptors (Lipinski definition) is 1. The SMILES string of the molecule is C1CCC(C2CCCNCC2)C1.Cl. The highest BCUT2D eigenvalue weighted by atomic mass is 35.5. The van der Waals surface area contributed by atoms with Crippen molar-refractivity contribution in [2.45, 2.75) is 44.9 Å². The third-order valence-electron chi connectivity index (χ3n) is 3.69. The number of nitrogens with one attached hydrogen (secondary N) is 1. The largest absolute Gasteiger partial charge is 0.317 e. The molecule has 0 aromatic rings. The number of hydrogen-bond donors (Lipinski definition) is 1. The lowest BCUT2D eigenvalue weighted by molar-refractivity contribution is 0.310. The minimum absolute atomic E-state index is 0. The molecule has 1 heterocycles. The van der Waals surface area contributed by atoms with Gasteiger partial charge in [-0.1, -0.05) is 25.7 Å². The monoisotopic (exact) mass is 203 g/mol. The molecule has 1 N–H and O–H groups in total. The molecule has 2 fully saturated rings. The van der Waals surface area contributed by atoms with Gasteiger partial charge in [-0.2, -0.15) is 0 Å². The highest BCUT2D eigenvalue weighted by molar-refractivity contribution is 5.85. The summed E-state index contributed by atoms with van der Waals surface area (Å²) in [4.78, 5) is 0. The topological polar surface area (TPSA) is 12.0 Å². The predicted octanol–water partition coefficient (Wildman–Crippen LogP) is 2.99. The summed E-state index contributed by atoms with van der Waals surface area (Å²) >= 11 is 0. The fourth-order valence-electron chi connectivity index (χ4n) is 2.95. The zero-order valence-corrected chi connectivity index (χ0v) is 9.24. The van der Waals surface area contributed by atoms with E-state index in [9.17, 15) is 0 Å². The van der Waals surface area contributed by atoms with Crippen LogP contribution in [-0.4, -0.2) is 13.1 Å². The fraction of sp³-hybridized carbons (Fsp3) is 1.00. The van der Waals surface area contributed by atoms with Crippen LogP contribution in [0.15, 0.2) is 0 Å². The average molecular weight is 204 g/mol. The number of rotatable bonds is 1. The first-order valence-electron chi connectivity index (χ1n) is 5.67. The average Bonchev–Trinajstić information content (AvgIpc) is 2.48. The highest BCUT2D eigenvalue weighted by Crippen LogP contribution is 2.35. The van der Waals surface area contributed by atoms with E-state index in [1.165, 1.54) is 58.0 Å². The molecule has 0 aromatic heterocycles. The van der Waals surface area contributed by atoms with E-state index in [2.05, 4.69) is 5.32 Å². The zero-order valence-electron chi connectivity index (χ0n) is 8.43. The lowest BCUT2D eigenvalue weighted by Crippen LogP contribution is -2.16. The Morgan fingerprint density at radius 3 is 2.08 bits per heavy atom. The van der Waals surface area contributed by atoms with Gasteiger partial charge in [-0.25, -0.2) is 0 Å². The van der Waals surface area contributed by atoms with Crippen LogP contribution in [0.3, 0.4) is 0 Å². The summed E-state index contributed by atoms with van der Waals surface area (Å²) in [6.07, 6.45) is 10.4. The van der Waals surface area contributed by atoms with E-state index >= 15 is 0 Å². The van der Waals surface area contributed by atoms with E-state index in [1.54, 1.807) is 0 Å². The third-order valence-corrected chi connectivity index (χ3v) is 3.69. The van der Waals surface area contributed by atoms with E-state index in [-0.39, 0.29) is 12.4 Å². The van der Waals surface area contributed by atoms with Crippen LogP contribution in [0.4, 0.5) is 0 Å². The third kappa shape index (κ3) is 3.14. The second kappa shape index (κ2) is 5.87. The van der Waals surface area contributed by atoms with Crippen molar-refractivity contribution in [3.63, 3.8) is 0 Å². The van der Waals surface area contributed by atoms with E-state index in [1.807, 2.05) is 0 Å². The van der Waals surface area contributed by atoms with Crippen molar-refractivity contribution in [3.05, 3.63) is 0 Å². The zero-order chi connectivity index (χ0) is 8.23. The van der Waals surface area contributed by atoms with E-state index in [0.29, 0.717) is 0 Å². The molecule has 1 saturated carbocycles. The standard InChI is InChI=1S/C11H21N.ClH/c1-2-5-10(4-1)11-6-3-8-12-9-7-11;/h10-12H,1-9H2;1H. The summed E-state index contributed by atoms with van der Waals surface area (Å²) in [7, 11) is 0. The normalized spacial score (nSPS) is 30.9. The summed E-state index contributed by atoms with van der Waals surface area (Å²) in [6.45, 7) is 2.55. The Morgan fingerprint density at radius 1 is 0.692 bits per heavy atom. The van der Waals surface area contributed by atoms with Crippen LogP contribution >= 0.6 is 12.4 Å². The molecule has 1 saturated heterocycles. The van der Waals surface area contributed by atoms with Gasteiger partial charge in [-0.05, 0) is 44.2 Å². The van der Waals surface area contributed by atoms with Gasteiger partial charge in [0.1, 0.15) is 0 Å². The van der Waals surface area contributed by atoms with Crippen LogP contribution in [-0.2, 0) is 0 Å². The Kier molecular flexibility index (Phi) is 5.12. The predicted molar refractivity (Wildman–Crippen MR) is 59.4 cm³/mol. The molecule has 0 radical (unpaired) electrons. The maximum atomic E-state index is 3.50. The lowest BCUT2D eigenvalue weighted by atomic mass is 9.85. The second-order valence-electron chi connectivity index (χ2n) is 4.49. The van der Waals surface area contributed by atoms with Crippen molar-refractivity contribution >= 4 is 12.4 Å². The fourth-order valence-corrected chi connectivity index (χ4v) is 2.95. The maximum absolute atomic E-state index is 3.50. The van der Waals surface area contributed by atoms with Crippen LogP contribution in [0.1, 0.15) is 44.9 Å². The maximum Gasteiger partial charge on any atom is -0.00462 e. The van der Waals surface area contributed by atoms with Crippen LogP contribution in [0.25, 0.3) is 0 Å². The Bertz CT molecular complexity index is 124. The first-order chi connectivity index (χ1) is 5.97. The second-order valence-corrected chi connectivity index (χ2v) is 4.49. The minimum Gasteiger partial charge on any atom is -0.317 e. The summed E-state index contributed by atoms with van der Waals surface area (Å²) < 4.78 is 0. The summed E-state index contributed by atoms with van der Waals surface area (Å²) in [5, 5.41) is 3.50. The molecule has 1 atom stereocenters. The molecular weight excluding hydrogens is 182 g/mol. The Balaban J connectivity index is 0.000000845. The van der Waals surface area contributed by atoms with Crippen LogP contribution in [0, 0.1) is 11.8 Å². The smallest absolute Gasteiger partial charge is 0.00462 e. The first-order valence-corrected chi connectivity index (χ1v) is 5.67. The minimum atomic E-state index is 0. The van der Waals surface area contributed by atoms with Crippen molar-refractivity contribution in [2.75, 3.05) is 13.1 Å². The molecule has 0 aromatic carbocycles. The van der Waals surface area contributed by atoms with Gasteiger partial charge >= 0.3 is 0 Å². The molecule has 0 bridgehead atoms. The summed E-state index contributed by atoms with van der Waals surface area (Å²) in [5.74, 6) is 2.17. The van der Waals surface area contributed by atoms with Gasteiger partial charge in [0.2, 0.25) is 0 Å². The lowest BCUT2D eigenvalue weighted by Gasteiger charge is -2.20. The molecule has 1 aliphatic heterocycles. The summed E-state index contributed by atoms with van der Waals surface area (Å²) in [6, 6.07) is 0. The Hall–Kier alpha value is 0.250. The highest BCUT2D eigenvalue weighted by Gasteiger charge is 2.24. The molecule has 78 valence electrons. The van der Waals surface area contributed by atoms with Gasteiger partial charge in [0.25, 0.3) is 0 Å². The van der Waals surface area contributed by atoms with E-state index < -0.39 is 0 Å². The molecule has 0 amide bonds. The molecule has 2 rings (SSSR count). The van der Waals surface area contributed by atoms with Crippen LogP contribution in [0.5, 0.6) is 0 Å². The molecule has 0 spiro atoms. The summed E-state index contributed by atoms with van der Waals surface area (Å²) in [5.41, 5.74) is 0. The van der Waals surface area contributed by atoms with Gasteiger partial charge in [0.15, 0.2) is 0 Å². The van der Waals surface area contributed by atoms with Crippen molar-refractivity contribution in [3.8, 4) is 0 Å². The molecule has 2 heteroatoms. The first kappa shape index (κ1) is 11.3. The van der Waals surface area contributed by atoms with Crippen molar-refractivity contribution in [1.82, 2.24) is 5.32 Å². The molecule has 13 heavy (non-hydrogen) atoms. The van der Waals surface area contributed by atoms with E-state index in [4.69, 9.17) is 0 Å².